The van der Waals surface area contributed by atoms with Crippen LogP contribution in [-0.4, -0.2) is 36.6 Å². The van der Waals surface area contributed by atoms with Gasteiger partial charge in [-0.25, -0.2) is 0 Å². The first-order valence-electron chi connectivity index (χ1n) is 8.38. The third-order valence-corrected chi connectivity index (χ3v) is 4.33. The zero-order valence-electron chi connectivity index (χ0n) is 15.3. The summed E-state index contributed by atoms with van der Waals surface area (Å²) in [6.45, 7) is 7.17. The lowest BCUT2D eigenvalue weighted by Gasteiger charge is -2.21. The number of aryl methyl sites for hydroxylation is 2. The van der Waals surface area contributed by atoms with E-state index in [9.17, 15) is 4.79 Å². The Morgan fingerprint density at radius 2 is 1.83 bits per heavy atom. The molecule has 0 bridgehead atoms. The predicted molar refractivity (Wildman–Crippen MR) is 96.2 cm³/mol. The quantitative estimate of drug-likeness (QED) is 0.782. The molecule has 0 radical (unpaired) electrons. The monoisotopic (exact) mass is 329 g/mol. The van der Waals surface area contributed by atoms with Crippen LogP contribution >= 0.6 is 0 Å². The maximum absolute atomic E-state index is 12.5. The average Bonchev–Trinajstić information content (AvgIpc) is 2.89. The van der Waals surface area contributed by atoms with Crippen molar-refractivity contribution in [2.45, 2.75) is 40.2 Å². The van der Waals surface area contributed by atoms with Gasteiger partial charge in [0, 0.05) is 44.9 Å². The summed E-state index contributed by atoms with van der Waals surface area (Å²) < 4.78 is 5.16. The third-order valence-electron chi connectivity index (χ3n) is 4.33. The van der Waals surface area contributed by atoms with Gasteiger partial charge in [0.25, 0.3) is 0 Å². The van der Waals surface area contributed by atoms with Gasteiger partial charge in [-0.2, -0.15) is 0 Å². The van der Waals surface area contributed by atoms with Gasteiger partial charge in [-0.05, 0) is 44.9 Å². The fourth-order valence-electron chi connectivity index (χ4n) is 2.75. The lowest BCUT2D eigenvalue weighted by molar-refractivity contribution is -0.131. The fraction of sp³-hybridized carbons (Fsp3) is 0.474. The molecule has 24 heavy (non-hydrogen) atoms. The van der Waals surface area contributed by atoms with Crippen molar-refractivity contribution in [2.24, 2.45) is 0 Å². The van der Waals surface area contributed by atoms with E-state index in [0.717, 1.165) is 28.3 Å². The Morgan fingerprint density at radius 3 is 2.33 bits per heavy atom. The molecule has 130 valence electrons. The van der Waals surface area contributed by atoms with Gasteiger partial charge in [-0.1, -0.05) is 17.3 Å². The van der Waals surface area contributed by atoms with Crippen LogP contribution in [0.1, 0.15) is 35.9 Å². The summed E-state index contributed by atoms with van der Waals surface area (Å²) in [6, 6.07) is 8.33. The number of hydrogen-bond donors (Lipinski definition) is 0. The molecule has 0 saturated carbocycles. The molecule has 1 heterocycles. The van der Waals surface area contributed by atoms with Gasteiger partial charge in [0.1, 0.15) is 5.76 Å². The number of anilines is 1. The fourth-order valence-corrected chi connectivity index (χ4v) is 2.75. The van der Waals surface area contributed by atoms with Gasteiger partial charge in [0.2, 0.25) is 5.91 Å². The Morgan fingerprint density at radius 1 is 1.17 bits per heavy atom. The zero-order chi connectivity index (χ0) is 17.7. The molecule has 0 aliphatic rings. The van der Waals surface area contributed by atoms with Crippen LogP contribution in [0.25, 0.3) is 0 Å². The normalized spacial score (nSPS) is 10.7. The number of carbonyl (C=O) groups is 1. The minimum atomic E-state index is 0.161. The second kappa shape index (κ2) is 7.99. The van der Waals surface area contributed by atoms with E-state index in [2.05, 4.69) is 34.3 Å². The summed E-state index contributed by atoms with van der Waals surface area (Å²) in [6.07, 6.45) is 1.16. The van der Waals surface area contributed by atoms with Gasteiger partial charge < -0.3 is 14.3 Å². The number of amides is 1. The van der Waals surface area contributed by atoms with Crippen LogP contribution in [0.2, 0.25) is 0 Å². The van der Waals surface area contributed by atoms with Crippen LogP contribution in [0.15, 0.2) is 28.8 Å². The van der Waals surface area contributed by atoms with E-state index in [1.807, 2.05) is 39.8 Å². The van der Waals surface area contributed by atoms with Crippen molar-refractivity contribution in [2.75, 3.05) is 25.5 Å². The molecule has 1 aromatic heterocycles. The summed E-state index contributed by atoms with van der Waals surface area (Å²) in [7, 11) is 4.04. The Balaban J connectivity index is 1.96. The topological polar surface area (TPSA) is 49.6 Å². The Hall–Kier alpha value is -2.30. The summed E-state index contributed by atoms with van der Waals surface area (Å²) >= 11 is 0. The molecule has 0 spiro atoms. The van der Waals surface area contributed by atoms with E-state index >= 15 is 0 Å². The molecule has 1 amide bonds. The van der Waals surface area contributed by atoms with Crippen molar-refractivity contribution in [3.8, 4) is 0 Å². The van der Waals surface area contributed by atoms with Crippen molar-refractivity contribution in [3.63, 3.8) is 0 Å². The maximum atomic E-state index is 12.5. The maximum Gasteiger partial charge on any atom is 0.223 e. The first kappa shape index (κ1) is 18.0. The first-order valence-corrected chi connectivity index (χ1v) is 8.38. The zero-order valence-corrected chi connectivity index (χ0v) is 15.3. The Bertz CT molecular complexity index is 655. The highest BCUT2D eigenvalue weighted by molar-refractivity contribution is 5.76. The van der Waals surface area contributed by atoms with E-state index in [0.29, 0.717) is 25.9 Å². The number of rotatable bonds is 7. The van der Waals surface area contributed by atoms with Crippen LogP contribution in [0.4, 0.5) is 5.69 Å². The molecule has 0 saturated heterocycles. The summed E-state index contributed by atoms with van der Waals surface area (Å²) in [4.78, 5) is 16.5. The lowest BCUT2D eigenvalue weighted by atomic mass is 10.1. The lowest BCUT2D eigenvalue weighted by Crippen LogP contribution is -2.30. The number of hydrogen-bond acceptors (Lipinski definition) is 4. The van der Waals surface area contributed by atoms with Gasteiger partial charge in [-0.15, -0.1) is 0 Å². The van der Waals surface area contributed by atoms with Crippen LogP contribution in [0.5, 0.6) is 0 Å². The third kappa shape index (κ3) is 4.37. The molecule has 2 rings (SSSR count). The number of aromatic nitrogens is 1. The van der Waals surface area contributed by atoms with Crippen LogP contribution < -0.4 is 4.90 Å². The number of nitrogens with zero attached hydrogens (tertiary/aromatic N) is 3. The average molecular weight is 329 g/mol. The van der Waals surface area contributed by atoms with Gasteiger partial charge in [0.05, 0.1) is 5.69 Å². The highest BCUT2D eigenvalue weighted by Gasteiger charge is 2.15. The Labute approximate surface area is 144 Å². The molecule has 1 aromatic carbocycles. The SMILES string of the molecule is CCN(Cc1ccc(N(C)C)cc1)C(=O)CCc1c(C)noc1C. The summed E-state index contributed by atoms with van der Waals surface area (Å²) in [5.74, 6) is 0.969. The van der Waals surface area contributed by atoms with Crippen LogP contribution in [-0.2, 0) is 17.8 Å². The molecule has 0 atom stereocenters. The smallest absolute Gasteiger partial charge is 0.223 e. The van der Waals surface area contributed by atoms with E-state index in [-0.39, 0.29) is 5.91 Å². The molecule has 5 heteroatoms. The molecule has 0 unspecified atom stereocenters. The highest BCUT2D eigenvalue weighted by atomic mass is 16.5. The van der Waals surface area contributed by atoms with Crippen LogP contribution in [0.3, 0.4) is 0 Å². The second-order valence-electron chi connectivity index (χ2n) is 6.27. The van der Waals surface area contributed by atoms with Crippen LogP contribution in [0, 0.1) is 13.8 Å². The molecule has 2 aromatic rings. The molecule has 0 N–H and O–H groups in total. The number of carbonyl (C=O) groups excluding carboxylic acids is 1. The molecule has 0 aliphatic carbocycles. The minimum Gasteiger partial charge on any atom is -0.378 e. The Kier molecular flexibility index (Phi) is 6.01. The van der Waals surface area contributed by atoms with Crippen molar-refractivity contribution in [3.05, 3.63) is 46.8 Å². The van der Waals surface area contributed by atoms with E-state index < -0.39 is 0 Å². The van der Waals surface area contributed by atoms with Crippen molar-refractivity contribution >= 4 is 11.6 Å². The van der Waals surface area contributed by atoms with Crippen molar-refractivity contribution in [1.29, 1.82) is 0 Å². The first-order chi connectivity index (χ1) is 11.4. The summed E-state index contributed by atoms with van der Waals surface area (Å²) in [5, 5.41) is 3.95. The van der Waals surface area contributed by atoms with E-state index in [4.69, 9.17) is 4.52 Å². The second-order valence-corrected chi connectivity index (χ2v) is 6.27. The number of benzene rings is 1. The molecule has 5 nitrogen and oxygen atoms in total. The van der Waals surface area contributed by atoms with Gasteiger partial charge >= 0.3 is 0 Å². The standard InChI is InChI=1S/C19H27N3O2/c1-6-22(13-16-7-9-17(10-8-16)21(4)5)19(23)12-11-18-14(2)20-24-15(18)3/h7-10H,6,11-13H2,1-5H3. The molecule has 0 aliphatic heterocycles. The predicted octanol–water partition coefficient (Wildman–Crippen LogP) is 3.34. The minimum absolute atomic E-state index is 0.161. The van der Waals surface area contributed by atoms with E-state index in [1.54, 1.807) is 0 Å². The largest absolute Gasteiger partial charge is 0.378 e. The van der Waals surface area contributed by atoms with Gasteiger partial charge in [0.15, 0.2) is 0 Å². The summed E-state index contributed by atoms with van der Waals surface area (Å²) in [5.41, 5.74) is 4.23. The molecular formula is C19H27N3O2. The van der Waals surface area contributed by atoms with Crippen molar-refractivity contribution in [1.82, 2.24) is 10.1 Å². The van der Waals surface area contributed by atoms with E-state index in [1.165, 1.54) is 0 Å². The van der Waals surface area contributed by atoms with Gasteiger partial charge in [-0.3, -0.25) is 4.79 Å². The molecular weight excluding hydrogens is 302 g/mol. The highest BCUT2D eigenvalue weighted by Crippen LogP contribution is 2.17. The van der Waals surface area contributed by atoms with Crippen molar-refractivity contribution < 1.29 is 9.32 Å². The molecule has 0 fully saturated rings.